The van der Waals surface area contributed by atoms with Crippen LogP contribution in [0.4, 0.5) is 11.8 Å². The van der Waals surface area contributed by atoms with Gasteiger partial charge in [-0.15, -0.1) is 0 Å². The molecule has 34 heavy (non-hydrogen) atoms. The number of amides is 1. The van der Waals surface area contributed by atoms with Crippen molar-refractivity contribution in [3.05, 3.63) is 48.3 Å². The van der Waals surface area contributed by atoms with Crippen LogP contribution in [0.15, 0.2) is 42.6 Å². The number of aryl methyl sites for hydroxylation is 1. The lowest BCUT2D eigenvalue weighted by atomic mass is 9.95. The first-order chi connectivity index (χ1) is 16.6. The summed E-state index contributed by atoms with van der Waals surface area (Å²) < 4.78 is 5.62. The Morgan fingerprint density at radius 2 is 1.79 bits per heavy atom. The summed E-state index contributed by atoms with van der Waals surface area (Å²) in [6.07, 6.45) is 3.49. The average Bonchev–Trinajstić information content (AvgIpc) is 2.89. The normalized spacial score (nSPS) is 17.3. The number of carbonyl (C=O) groups excluding carboxylic acids is 1. The molecule has 2 aliphatic heterocycles. The van der Waals surface area contributed by atoms with Crippen LogP contribution in [0.1, 0.15) is 25.5 Å². The van der Waals surface area contributed by atoms with E-state index in [1.54, 1.807) is 0 Å². The number of ether oxygens (including phenoxy) is 1. The molecule has 2 saturated heterocycles. The van der Waals surface area contributed by atoms with Crippen molar-refractivity contribution in [1.29, 1.82) is 0 Å². The number of carbonyl (C=O) groups is 1. The molecule has 0 radical (unpaired) electrons. The van der Waals surface area contributed by atoms with Gasteiger partial charge in [0.1, 0.15) is 11.6 Å². The molecule has 0 bridgehead atoms. The number of hydrogen-bond acceptors (Lipinski definition) is 7. The molecule has 0 aliphatic carbocycles. The van der Waals surface area contributed by atoms with E-state index in [0.717, 1.165) is 86.2 Å². The first kappa shape index (κ1) is 22.4. The van der Waals surface area contributed by atoms with Gasteiger partial charge < -0.3 is 19.4 Å². The number of hydrogen-bond donors (Lipinski definition) is 0. The molecule has 0 saturated carbocycles. The monoisotopic (exact) mass is 460 g/mol. The Balaban J connectivity index is 1.18. The van der Waals surface area contributed by atoms with E-state index in [2.05, 4.69) is 14.8 Å². The molecule has 4 heterocycles. The molecule has 1 amide bonds. The van der Waals surface area contributed by atoms with Crippen molar-refractivity contribution in [2.75, 3.05) is 55.7 Å². The first-order valence-corrected chi connectivity index (χ1v) is 12.2. The quantitative estimate of drug-likeness (QED) is 0.578. The number of piperazine rings is 1. The van der Waals surface area contributed by atoms with Crippen molar-refractivity contribution < 1.29 is 9.53 Å². The Bertz CT molecular complexity index is 1140. The van der Waals surface area contributed by atoms with E-state index in [0.29, 0.717) is 12.5 Å². The van der Waals surface area contributed by atoms with Crippen LogP contribution in [0.25, 0.3) is 10.9 Å². The van der Waals surface area contributed by atoms with Crippen LogP contribution in [-0.4, -0.2) is 71.6 Å². The molecule has 2 fully saturated rings. The number of nitrogens with zero attached hydrogens (tertiary/aromatic N) is 6. The van der Waals surface area contributed by atoms with Gasteiger partial charge in [0, 0.05) is 56.8 Å². The van der Waals surface area contributed by atoms with E-state index in [1.165, 1.54) is 0 Å². The lowest BCUT2D eigenvalue weighted by Gasteiger charge is -2.39. The maximum Gasteiger partial charge on any atom is 0.226 e. The zero-order chi connectivity index (χ0) is 23.5. The van der Waals surface area contributed by atoms with Gasteiger partial charge in [-0.2, -0.15) is 0 Å². The maximum absolute atomic E-state index is 13.2. The van der Waals surface area contributed by atoms with Crippen LogP contribution >= 0.6 is 0 Å². The molecule has 0 N–H and O–H groups in total. The molecule has 0 atom stereocenters. The van der Waals surface area contributed by atoms with E-state index in [1.807, 2.05) is 61.3 Å². The highest BCUT2D eigenvalue weighted by Crippen LogP contribution is 2.27. The topological polar surface area (TPSA) is 74.7 Å². The summed E-state index contributed by atoms with van der Waals surface area (Å²) in [5.41, 5.74) is 1.88. The van der Waals surface area contributed by atoms with Crippen molar-refractivity contribution in [3.63, 3.8) is 0 Å². The van der Waals surface area contributed by atoms with Crippen molar-refractivity contribution >= 4 is 28.6 Å². The fraction of sp³-hybridized carbons (Fsp3) is 0.462. The number of pyridine rings is 1. The fourth-order valence-corrected chi connectivity index (χ4v) is 4.92. The molecule has 8 nitrogen and oxygen atoms in total. The van der Waals surface area contributed by atoms with Crippen LogP contribution in [0.3, 0.4) is 0 Å². The Morgan fingerprint density at radius 1 is 1.00 bits per heavy atom. The third kappa shape index (κ3) is 4.62. The molecule has 0 unspecified atom stereocenters. The summed E-state index contributed by atoms with van der Waals surface area (Å²) in [6.45, 7) is 9.40. The van der Waals surface area contributed by atoms with Gasteiger partial charge in [-0.3, -0.25) is 4.79 Å². The van der Waals surface area contributed by atoms with Crippen molar-refractivity contribution in [2.45, 2.75) is 26.7 Å². The molecular weight excluding hydrogens is 428 g/mol. The van der Waals surface area contributed by atoms with E-state index >= 15 is 0 Å². The van der Waals surface area contributed by atoms with Crippen molar-refractivity contribution in [3.8, 4) is 5.75 Å². The van der Waals surface area contributed by atoms with Gasteiger partial charge in [0.15, 0.2) is 0 Å². The van der Waals surface area contributed by atoms with Crippen LogP contribution in [0, 0.1) is 12.8 Å². The second kappa shape index (κ2) is 9.83. The van der Waals surface area contributed by atoms with Crippen molar-refractivity contribution in [2.24, 2.45) is 5.92 Å². The number of aromatic nitrogens is 3. The SMILES string of the molecule is CCOc1ccc2nc(N3CCC(C(=O)N4CCN(c5ccccn5)CC4)CC3)nc(C)c2c1. The van der Waals surface area contributed by atoms with Crippen LogP contribution < -0.4 is 14.5 Å². The van der Waals surface area contributed by atoms with Crippen LogP contribution in [0.2, 0.25) is 0 Å². The van der Waals surface area contributed by atoms with E-state index in [4.69, 9.17) is 14.7 Å². The molecule has 2 aliphatic rings. The molecule has 2 aromatic heterocycles. The lowest BCUT2D eigenvalue weighted by Crippen LogP contribution is -2.52. The van der Waals surface area contributed by atoms with Gasteiger partial charge in [0.2, 0.25) is 11.9 Å². The number of piperidine rings is 1. The third-order valence-electron chi connectivity index (χ3n) is 6.85. The summed E-state index contributed by atoms with van der Waals surface area (Å²) in [6, 6.07) is 11.9. The molecule has 5 rings (SSSR count). The second-order valence-corrected chi connectivity index (χ2v) is 8.98. The zero-order valence-electron chi connectivity index (χ0n) is 20.0. The minimum absolute atomic E-state index is 0.0768. The summed E-state index contributed by atoms with van der Waals surface area (Å²) >= 11 is 0. The predicted molar refractivity (Wildman–Crippen MR) is 133 cm³/mol. The average molecular weight is 461 g/mol. The minimum Gasteiger partial charge on any atom is -0.494 e. The summed E-state index contributed by atoms with van der Waals surface area (Å²) in [4.78, 5) is 33.7. The molecule has 0 spiro atoms. The van der Waals surface area contributed by atoms with E-state index < -0.39 is 0 Å². The highest BCUT2D eigenvalue weighted by atomic mass is 16.5. The highest BCUT2D eigenvalue weighted by molar-refractivity contribution is 5.83. The standard InChI is InChI=1S/C26H32N6O2/c1-3-34-21-7-8-23-22(18-21)19(2)28-26(29-23)32-12-9-20(10-13-32)25(33)31-16-14-30(15-17-31)24-6-4-5-11-27-24/h4-8,11,18,20H,3,9-10,12-17H2,1-2H3. The molecular formula is C26H32N6O2. The Hall–Kier alpha value is -3.42. The number of anilines is 2. The number of fused-ring (bicyclic) bond motifs is 1. The smallest absolute Gasteiger partial charge is 0.226 e. The third-order valence-corrected chi connectivity index (χ3v) is 6.85. The van der Waals surface area contributed by atoms with Gasteiger partial charge in [-0.25, -0.2) is 15.0 Å². The largest absolute Gasteiger partial charge is 0.494 e. The highest BCUT2D eigenvalue weighted by Gasteiger charge is 2.31. The Kier molecular flexibility index (Phi) is 6.47. The van der Waals surface area contributed by atoms with Crippen LogP contribution in [0.5, 0.6) is 5.75 Å². The molecule has 8 heteroatoms. The van der Waals surface area contributed by atoms with Gasteiger partial charge in [-0.1, -0.05) is 6.07 Å². The van der Waals surface area contributed by atoms with Crippen molar-refractivity contribution in [1.82, 2.24) is 19.9 Å². The first-order valence-electron chi connectivity index (χ1n) is 12.2. The Morgan fingerprint density at radius 3 is 2.50 bits per heavy atom. The van der Waals surface area contributed by atoms with Gasteiger partial charge >= 0.3 is 0 Å². The zero-order valence-corrected chi connectivity index (χ0v) is 20.0. The molecule has 3 aromatic rings. The number of rotatable bonds is 5. The lowest BCUT2D eigenvalue weighted by molar-refractivity contribution is -0.136. The summed E-state index contributed by atoms with van der Waals surface area (Å²) in [5.74, 6) is 2.95. The van der Waals surface area contributed by atoms with Gasteiger partial charge in [0.05, 0.1) is 17.8 Å². The molecule has 1 aromatic carbocycles. The minimum atomic E-state index is 0.0768. The van der Waals surface area contributed by atoms with Gasteiger partial charge in [-0.05, 0) is 57.0 Å². The van der Waals surface area contributed by atoms with E-state index in [-0.39, 0.29) is 5.92 Å². The maximum atomic E-state index is 13.2. The summed E-state index contributed by atoms with van der Waals surface area (Å²) in [7, 11) is 0. The van der Waals surface area contributed by atoms with E-state index in [9.17, 15) is 4.79 Å². The van der Waals surface area contributed by atoms with Gasteiger partial charge in [0.25, 0.3) is 0 Å². The van der Waals surface area contributed by atoms with Crippen LogP contribution in [-0.2, 0) is 4.79 Å². The second-order valence-electron chi connectivity index (χ2n) is 8.98. The summed E-state index contributed by atoms with van der Waals surface area (Å²) in [5, 5.41) is 1.02. The number of benzene rings is 1. The predicted octanol–water partition coefficient (Wildman–Crippen LogP) is 3.30. The fourth-order valence-electron chi connectivity index (χ4n) is 4.92. The molecule has 178 valence electrons. The Labute approximate surface area is 200 Å².